The van der Waals surface area contributed by atoms with Crippen LogP contribution in [0.25, 0.3) is 5.69 Å². The monoisotopic (exact) mass is 513 g/mol. The van der Waals surface area contributed by atoms with Gasteiger partial charge < -0.3 is 25.0 Å². The Bertz CT molecular complexity index is 1430. The topological polar surface area (TPSA) is 117 Å². The number of ether oxygens (including phenoxy) is 2. The van der Waals surface area contributed by atoms with Crippen molar-refractivity contribution in [2.75, 3.05) is 11.9 Å². The van der Waals surface area contributed by atoms with Crippen LogP contribution in [0.1, 0.15) is 54.5 Å². The van der Waals surface area contributed by atoms with Gasteiger partial charge >= 0.3 is 6.18 Å². The summed E-state index contributed by atoms with van der Waals surface area (Å²) in [5, 5.41) is 33.8. The van der Waals surface area contributed by atoms with Gasteiger partial charge in [-0.15, -0.1) is 0 Å². The van der Waals surface area contributed by atoms with Gasteiger partial charge in [0, 0.05) is 19.0 Å². The van der Waals surface area contributed by atoms with Crippen LogP contribution in [-0.4, -0.2) is 27.3 Å². The zero-order valence-electron chi connectivity index (χ0n) is 19.6. The Hall–Kier alpha value is -4.17. The maximum atomic E-state index is 13.5. The van der Waals surface area contributed by atoms with Crippen LogP contribution < -0.4 is 10.1 Å². The molecule has 5 rings (SSSR count). The molecule has 8 nitrogen and oxygen atoms in total. The van der Waals surface area contributed by atoms with Gasteiger partial charge in [-0.3, -0.25) is 9.36 Å². The molecule has 11 heteroatoms. The average Bonchev–Trinajstić information content (AvgIpc) is 3.49. The number of nitriles is 1. The van der Waals surface area contributed by atoms with Gasteiger partial charge in [0.15, 0.2) is 0 Å². The first-order chi connectivity index (χ1) is 17.5. The standard InChI is InChI=1S/C26H22F3N3O5/c1-14(33)31-16-3-6-18(7-4-16)36-11-10-25-9-8-20(37-25)21-22(25)24(35)32(23(21)34)17-5-2-15(13-30)19(12-17)26(27,28)29/h2-7,12,20,34-35H,8-11H2,1H3,(H,31,33). The van der Waals surface area contributed by atoms with Gasteiger partial charge in [0.05, 0.1) is 46.7 Å². The van der Waals surface area contributed by atoms with Crippen LogP contribution in [0.15, 0.2) is 42.5 Å². The number of hydrogen-bond acceptors (Lipinski definition) is 6. The van der Waals surface area contributed by atoms with Crippen molar-refractivity contribution in [3.63, 3.8) is 0 Å². The molecule has 1 aromatic heterocycles. The lowest BCUT2D eigenvalue weighted by Crippen LogP contribution is -2.25. The van der Waals surface area contributed by atoms with Crippen molar-refractivity contribution >= 4 is 11.6 Å². The fourth-order valence-corrected chi connectivity index (χ4v) is 5.19. The molecule has 1 amide bonds. The SMILES string of the molecule is CC(=O)Nc1ccc(OCCC23CCC(O2)c2c3c(O)n(-c3ccc(C#N)c(C(F)(F)F)c3)c2O)cc1. The van der Waals surface area contributed by atoms with E-state index in [-0.39, 0.29) is 18.2 Å². The highest BCUT2D eigenvalue weighted by Crippen LogP contribution is 2.63. The van der Waals surface area contributed by atoms with Gasteiger partial charge in [0.2, 0.25) is 17.7 Å². The van der Waals surface area contributed by atoms with E-state index in [9.17, 15) is 28.2 Å². The highest BCUT2D eigenvalue weighted by atomic mass is 19.4. The van der Waals surface area contributed by atoms with Crippen molar-refractivity contribution in [1.29, 1.82) is 5.26 Å². The zero-order chi connectivity index (χ0) is 26.5. The number of hydrogen-bond donors (Lipinski definition) is 3. The maximum absolute atomic E-state index is 13.5. The molecule has 2 bridgehead atoms. The van der Waals surface area contributed by atoms with Crippen molar-refractivity contribution in [2.24, 2.45) is 0 Å². The fourth-order valence-electron chi connectivity index (χ4n) is 5.19. The number of aromatic hydroxyl groups is 2. The molecule has 3 aromatic rings. The number of nitrogens with zero attached hydrogens (tertiary/aromatic N) is 2. The minimum atomic E-state index is -4.79. The Morgan fingerprint density at radius 2 is 1.97 bits per heavy atom. The van der Waals surface area contributed by atoms with Crippen molar-refractivity contribution in [3.05, 3.63) is 64.7 Å². The van der Waals surface area contributed by atoms with Crippen LogP contribution in [0.5, 0.6) is 17.5 Å². The first-order valence-electron chi connectivity index (χ1n) is 11.5. The summed E-state index contributed by atoms with van der Waals surface area (Å²) in [5.41, 5.74) is -1.50. The van der Waals surface area contributed by atoms with Crippen LogP contribution in [-0.2, 0) is 21.3 Å². The molecule has 0 aliphatic carbocycles. The number of benzene rings is 2. The summed E-state index contributed by atoms with van der Waals surface area (Å²) in [6, 6.07) is 11.3. The molecule has 1 saturated heterocycles. The quantitative estimate of drug-likeness (QED) is 0.414. The number of aromatic nitrogens is 1. The van der Waals surface area contributed by atoms with Crippen LogP contribution >= 0.6 is 0 Å². The van der Waals surface area contributed by atoms with E-state index in [0.717, 1.165) is 16.7 Å². The number of halogens is 3. The third kappa shape index (κ3) is 4.13. The summed E-state index contributed by atoms with van der Waals surface area (Å²) in [5.74, 6) is -0.442. The number of amides is 1. The summed E-state index contributed by atoms with van der Waals surface area (Å²) < 4.78 is 53.5. The van der Waals surface area contributed by atoms with Crippen molar-refractivity contribution in [3.8, 4) is 29.3 Å². The van der Waals surface area contributed by atoms with Gasteiger partial charge in [0.1, 0.15) is 11.4 Å². The minimum absolute atomic E-state index is 0.124. The van der Waals surface area contributed by atoms with Gasteiger partial charge in [0.25, 0.3) is 0 Å². The minimum Gasteiger partial charge on any atom is -0.494 e. The second-order valence-corrected chi connectivity index (χ2v) is 9.05. The molecule has 2 atom stereocenters. The molecule has 0 spiro atoms. The number of carbonyl (C=O) groups excluding carboxylic acids is 1. The Labute approximate surface area is 209 Å². The van der Waals surface area contributed by atoms with E-state index in [1.54, 1.807) is 24.3 Å². The Kier molecular flexibility index (Phi) is 5.79. The Balaban J connectivity index is 1.42. The summed E-state index contributed by atoms with van der Waals surface area (Å²) in [6.07, 6.45) is -3.88. The molecule has 2 aliphatic heterocycles. The van der Waals surface area contributed by atoms with Crippen LogP contribution in [0.2, 0.25) is 0 Å². The Morgan fingerprint density at radius 3 is 2.62 bits per heavy atom. The average molecular weight is 513 g/mol. The molecule has 3 N–H and O–H groups in total. The first kappa shape index (κ1) is 24.5. The van der Waals surface area contributed by atoms with Gasteiger partial charge in [-0.1, -0.05) is 0 Å². The fraction of sp³-hybridized carbons (Fsp3) is 0.308. The molecule has 2 aromatic carbocycles. The molecule has 0 radical (unpaired) electrons. The summed E-state index contributed by atoms with van der Waals surface area (Å²) in [4.78, 5) is 11.2. The molecule has 2 unspecified atom stereocenters. The third-order valence-electron chi connectivity index (χ3n) is 6.75. The summed E-state index contributed by atoms with van der Waals surface area (Å²) in [7, 11) is 0. The second-order valence-electron chi connectivity index (χ2n) is 9.05. The molecule has 37 heavy (non-hydrogen) atoms. The lowest BCUT2D eigenvalue weighted by Gasteiger charge is -2.26. The van der Waals surface area contributed by atoms with E-state index in [0.29, 0.717) is 41.8 Å². The Morgan fingerprint density at radius 1 is 1.24 bits per heavy atom. The largest absolute Gasteiger partial charge is 0.494 e. The number of rotatable bonds is 6. The predicted octanol–water partition coefficient (Wildman–Crippen LogP) is 5.27. The lowest BCUT2D eigenvalue weighted by molar-refractivity contribution is -0.137. The summed E-state index contributed by atoms with van der Waals surface area (Å²) >= 11 is 0. The number of alkyl halides is 3. The van der Waals surface area contributed by atoms with Crippen molar-refractivity contribution in [2.45, 2.75) is 44.1 Å². The lowest BCUT2D eigenvalue weighted by atomic mass is 9.82. The van der Waals surface area contributed by atoms with E-state index in [2.05, 4.69) is 5.32 Å². The second kappa shape index (κ2) is 8.74. The number of fused-ring (bicyclic) bond motifs is 5. The van der Waals surface area contributed by atoms with Crippen LogP contribution in [0.3, 0.4) is 0 Å². The van der Waals surface area contributed by atoms with Gasteiger partial charge in [-0.25, -0.2) is 0 Å². The highest BCUT2D eigenvalue weighted by Gasteiger charge is 2.55. The molecule has 0 saturated carbocycles. The molecule has 192 valence electrons. The van der Waals surface area contributed by atoms with Crippen molar-refractivity contribution < 1.29 is 37.7 Å². The molecule has 1 fully saturated rings. The van der Waals surface area contributed by atoms with E-state index >= 15 is 0 Å². The van der Waals surface area contributed by atoms with E-state index in [1.165, 1.54) is 19.1 Å². The van der Waals surface area contributed by atoms with Crippen molar-refractivity contribution in [1.82, 2.24) is 4.57 Å². The molecular weight excluding hydrogens is 491 g/mol. The smallest absolute Gasteiger partial charge is 0.417 e. The normalized spacial score (nSPS) is 19.9. The highest BCUT2D eigenvalue weighted by molar-refractivity contribution is 5.88. The maximum Gasteiger partial charge on any atom is 0.417 e. The van der Waals surface area contributed by atoms with E-state index in [4.69, 9.17) is 14.7 Å². The zero-order valence-corrected chi connectivity index (χ0v) is 19.6. The molecular formula is C26H22F3N3O5. The number of anilines is 1. The van der Waals surface area contributed by atoms with Gasteiger partial charge in [-0.05, 0) is 55.3 Å². The van der Waals surface area contributed by atoms with E-state index in [1.807, 2.05) is 0 Å². The number of carbonyl (C=O) groups is 1. The summed E-state index contributed by atoms with van der Waals surface area (Å²) in [6.45, 7) is 1.61. The third-order valence-corrected chi connectivity index (χ3v) is 6.75. The van der Waals surface area contributed by atoms with Crippen LogP contribution in [0, 0.1) is 11.3 Å². The molecule has 2 aliphatic rings. The van der Waals surface area contributed by atoms with Crippen LogP contribution in [0.4, 0.5) is 18.9 Å². The first-order valence-corrected chi connectivity index (χ1v) is 11.5. The molecule has 3 heterocycles. The predicted molar refractivity (Wildman–Crippen MR) is 124 cm³/mol. The van der Waals surface area contributed by atoms with Gasteiger partial charge in [-0.2, -0.15) is 18.4 Å². The van der Waals surface area contributed by atoms with E-state index < -0.39 is 40.8 Å². The number of nitrogens with one attached hydrogen (secondary N) is 1.